The van der Waals surface area contributed by atoms with E-state index in [1.165, 1.54) is 0 Å². The number of halogens is 3. The van der Waals surface area contributed by atoms with Gasteiger partial charge < -0.3 is 10.6 Å². The van der Waals surface area contributed by atoms with Crippen molar-refractivity contribution in [2.45, 2.75) is 13.3 Å². The molecule has 106 valence electrons. The molecule has 1 aromatic heterocycles. The van der Waals surface area contributed by atoms with E-state index in [4.69, 9.17) is 34.8 Å². The van der Waals surface area contributed by atoms with Gasteiger partial charge in [-0.3, -0.25) is 0 Å². The Morgan fingerprint density at radius 1 is 1.00 bits per heavy atom. The molecule has 0 radical (unpaired) electrons. The van der Waals surface area contributed by atoms with Gasteiger partial charge in [-0.05, 0) is 24.6 Å². The van der Waals surface area contributed by atoms with Gasteiger partial charge in [0, 0.05) is 6.54 Å². The Morgan fingerprint density at radius 3 is 2.40 bits per heavy atom. The molecule has 0 spiro atoms. The quantitative estimate of drug-likeness (QED) is 0.748. The van der Waals surface area contributed by atoms with E-state index < -0.39 is 0 Å². The van der Waals surface area contributed by atoms with Crippen LogP contribution in [-0.4, -0.2) is 11.5 Å². The van der Waals surface area contributed by atoms with Gasteiger partial charge in [-0.2, -0.15) is 0 Å². The van der Waals surface area contributed by atoms with Crippen LogP contribution in [0.4, 0.5) is 17.3 Å². The molecule has 1 heterocycles. The fraction of sp³-hybridized carbons (Fsp3) is 0.214. The third-order valence-corrected chi connectivity index (χ3v) is 3.50. The van der Waals surface area contributed by atoms with Gasteiger partial charge in [-0.25, -0.2) is 4.98 Å². The van der Waals surface area contributed by atoms with Crippen LogP contribution in [0.3, 0.4) is 0 Å². The van der Waals surface area contributed by atoms with Crippen molar-refractivity contribution < 1.29 is 0 Å². The van der Waals surface area contributed by atoms with E-state index >= 15 is 0 Å². The van der Waals surface area contributed by atoms with E-state index in [0.29, 0.717) is 26.7 Å². The van der Waals surface area contributed by atoms with Crippen molar-refractivity contribution in [3.05, 3.63) is 45.4 Å². The first-order valence-electron chi connectivity index (χ1n) is 6.23. The van der Waals surface area contributed by atoms with Crippen molar-refractivity contribution in [2.24, 2.45) is 0 Å². The summed E-state index contributed by atoms with van der Waals surface area (Å²) in [4.78, 5) is 4.40. The number of nitrogens with zero attached hydrogens (tertiary/aromatic N) is 1. The summed E-state index contributed by atoms with van der Waals surface area (Å²) in [7, 11) is 0. The highest BCUT2D eigenvalue weighted by atomic mass is 35.5. The Morgan fingerprint density at radius 2 is 1.70 bits per heavy atom. The average Bonchev–Trinajstić information content (AvgIpc) is 2.43. The lowest BCUT2D eigenvalue weighted by Gasteiger charge is -2.13. The van der Waals surface area contributed by atoms with Crippen LogP contribution in [0.2, 0.25) is 15.1 Å². The first-order chi connectivity index (χ1) is 9.61. The Balaban J connectivity index is 2.29. The number of pyridine rings is 1. The standard InChI is InChI=1S/C14H14Cl3N3/c1-2-7-18-13-10(16)8-11(17)14(20-13)19-12-6-4-3-5-9(12)15/h3-6,8H,2,7H2,1H3,(H2,18,19,20). The van der Waals surface area contributed by atoms with Crippen LogP contribution in [0.5, 0.6) is 0 Å². The van der Waals surface area contributed by atoms with E-state index in [2.05, 4.69) is 22.5 Å². The Labute approximate surface area is 133 Å². The molecule has 0 saturated carbocycles. The highest BCUT2D eigenvalue weighted by Gasteiger charge is 2.10. The molecule has 2 N–H and O–H groups in total. The summed E-state index contributed by atoms with van der Waals surface area (Å²) in [5.41, 5.74) is 0.743. The molecule has 2 aromatic rings. The lowest BCUT2D eigenvalue weighted by Crippen LogP contribution is -2.05. The van der Waals surface area contributed by atoms with E-state index in [9.17, 15) is 0 Å². The Kier molecular flexibility index (Phi) is 5.35. The van der Waals surface area contributed by atoms with Gasteiger partial charge in [0.1, 0.15) is 5.82 Å². The minimum Gasteiger partial charge on any atom is -0.369 e. The summed E-state index contributed by atoms with van der Waals surface area (Å²) in [6.45, 7) is 2.86. The van der Waals surface area contributed by atoms with Crippen LogP contribution in [0.25, 0.3) is 0 Å². The van der Waals surface area contributed by atoms with Gasteiger partial charge in [0.2, 0.25) is 0 Å². The van der Waals surface area contributed by atoms with E-state index in [1.807, 2.05) is 18.2 Å². The summed E-state index contributed by atoms with van der Waals surface area (Å²) < 4.78 is 0. The summed E-state index contributed by atoms with van der Waals surface area (Å²) in [6, 6.07) is 9.05. The van der Waals surface area contributed by atoms with Crippen LogP contribution >= 0.6 is 34.8 Å². The third kappa shape index (κ3) is 3.69. The summed E-state index contributed by atoms with van der Waals surface area (Å²) in [5, 5.41) is 7.80. The van der Waals surface area contributed by atoms with E-state index in [1.54, 1.807) is 12.1 Å². The van der Waals surface area contributed by atoms with Crippen molar-refractivity contribution in [3.63, 3.8) is 0 Å². The van der Waals surface area contributed by atoms with Crippen LogP contribution < -0.4 is 10.6 Å². The molecule has 6 heteroatoms. The minimum atomic E-state index is 0.442. The zero-order chi connectivity index (χ0) is 14.5. The maximum absolute atomic E-state index is 6.16. The molecule has 0 aliphatic heterocycles. The third-order valence-electron chi connectivity index (χ3n) is 2.60. The molecular weight excluding hydrogens is 317 g/mol. The number of para-hydroxylation sites is 1. The smallest absolute Gasteiger partial charge is 0.151 e. The fourth-order valence-electron chi connectivity index (χ4n) is 1.61. The van der Waals surface area contributed by atoms with Crippen molar-refractivity contribution in [2.75, 3.05) is 17.2 Å². The first kappa shape index (κ1) is 15.2. The molecule has 0 amide bonds. The molecular formula is C14H14Cl3N3. The van der Waals surface area contributed by atoms with Gasteiger partial charge in [0.15, 0.2) is 5.82 Å². The van der Waals surface area contributed by atoms with Gasteiger partial charge in [0.25, 0.3) is 0 Å². The zero-order valence-electron chi connectivity index (χ0n) is 10.9. The van der Waals surface area contributed by atoms with Gasteiger partial charge >= 0.3 is 0 Å². The molecule has 0 aliphatic rings. The van der Waals surface area contributed by atoms with Crippen molar-refractivity contribution >= 4 is 52.1 Å². The van der Waals surface area contributed by atoms with E-state index in [-0.39, 0.29) is 0 Å². The fourth-order valence-corrected chi connectivity index (χ4v) is 2.27. The molecule has 0 aliphatic carbocycles. The summed E-state index contributed by atoms with van der Waals surface area (Å²) >= 11 is 18.4. The van der Waals surface area contributed by atoms with Crippen LogP contribution in [-0.2, 0) is 0 Å². The minimum absolute atomic E-state index is 0.442. The highest BCUT2D eigenvalue weighted by Crippen LogP contribution is 2.32. The van der Waals surface area contributed by atoms with Crippen LogP contribution in [0, 0.1) is 0 Å². The maximum atomic E-state index is 6.16. The number of hydrogen-bond donors (Lipinski definition) is 2. The second kappa shape index (κ2) is 7.02. The zero-order valence-corrected chi connectivity index (χ0v) is 13.1. The molecule has 0 unspecified atom stereocenters. The Bertz CT molecular complexity index is 602. The number of nitrogens with one attached hydrogen (secondary N) is 2. The molecule has 0 atom stereocenters. The van der Waals surface area contributed by atoms with Crippen molar-refractivity contribution in [3.8, 4) is 0 Å². The maximum Gasteiger partial charge on any atom is 0.151 e. The molecule has 1 aromatic carbocycles. The van der Waals surface area contributed by atoms with Crippen molar-refractivity contribution in [1.29, 1.82) is 0 Å². The summed E-state index contributed by atoms with van der Waals surface area (Å²) in [5.74, 6) is 1.12. The second-order valence-corrected chi connectivity index (χ2v) is 5.40. The number of aromatic nitrogens is 1. The SMILES string of the molecule is CCCNc1nc(Nc2ccccc2Cl)c(Cl)cc1Cl. The van der Waals surface area contributed by atoms with Gasteiger partial charge in [-0.1, -0.05) is 53.9 Å². The predicted octanol–water partition coefficient (Wildman–Crippen LogP) is 5.61. The first-order valence-corrected chi connectivity index (χ1v) is 7.36. The molecule has 2 rings (SSSR count). The lowest BCUT2D eigenvalue weighted by atomic mass is 10.3. The largest absolute Gasteiger partial charge is 0.369 e. The van der Waals surface area contributed by atoms with Crippen LogP contribution in [0.15, 0.2) is 30.3 Å². The number of hydrogen-bond acceptors (Lipinski definition) is 3. The van der Waals surface area contributed by atoms with Gasteiger partial charge in [-0.15, -0.1) is 0 Å². The monoisotopic (exact) mass is 329 g/mol. The normalized spacial score (nSPS) is 10.4. The Hall–Kier alpha value is -1.16. The van der Waals surface area contributed by atoms with Crippen LogP contribution in [0.1, 0.15) is 13.3 Å². The highest BCUT2D eigenvalue weighted by molar-refractivity contribution is 6.37. The lowest BCUT2D eigenvalue weighted by molar-refractivity contribution is 0.970. The molecule has 0 bridgehead atoms. The van der Waals surface area contributed by atoms with Crippen molar-refractivity contribution in [1.82, 2.24) is 4.98 Å². The number of rotatable bonds is 5. The number of anilines is 3. The molecule has 0 fully saturated rings. The number of benzene rings is 1. The second-order valence-electron chi connectivity index (χ2n) is 4.18. The average molecular weight is 331 g/mol. The predicted molar refractivity (Wildman–Crippen MR) is 87.8 cm³/mol. The topological polar surface area (TPSA) is 37.0 Å². The molecule has 20 heavy (non-hydrogen) atoms. The molecule has 0 saturated heterocycles. The summed E-state index contributed by atoms with van der Waals surface area (Å²) in [6.07, 6.45) is 0.980. The molecule has 3 nitrogen and oxygen atoms in total. The van der Waals surface area contributed by atoms with E-state index in [0.717, 1.165) is 18.7 Å². The van der Waals surface area contributed by atoms with Gasteiger partial charge in [0.05, 0.1) is 20.8 Å².